The Hall–Kier alpha value is -2.18. The van der Waals surface area contributed by atoms with E-state index in [-0.39, 0.29) is 0 Å². The topological polar surface area (TPSA) is 78.4 Å². The summed E-state index contributed by atoms with van der Waals surface area (Å²) in [5, 5.41) is 6.93. The molecule has 0 bridgehead atoms. The highest BCUT2D eigenvalue weighted by Gasteiger charge is 2.22. The third kappa shape index (κ3) is 6.77. The van der Waals surface area contributed by atoms with Crippen LogP contribution in [0.1, 0.15) is 25.0 Å². The summed E-state index contributed by atoms with van der Waals surface area (Å²) in [6.45, 7) is 4.79. The number of hydrogen-bond acceptors (Lipinski definition) is 6. The molecule has 8 heteroatoms. The average molecular weight is 406 g/mol. The summed E-state index contributed by atoms with van der Waals surface area (Å²) in [4.78, 5) is 4.99. The molecule has 2 rings (SSSR count). The number of ether oxygens (including phenoxy) is 1. The first-order chi connectivity index (χ1) is 13.6. The normalized spacial score (nSPS) is 12.0. The van der Waals surface area contributed by atoms with E-state index in [1.807, 2.05) is 54.6 Å². The summed E-state index contributed by atoms with van der Waals surface area (Å²) in [6, 6.07) is 17.4. The van der Waals surface area contributed by atoms with Crippen molar-refractivity contribution < 1.29 is 23.2 Å². The van der Waals surface area contributed by atoms with Gasteiger partial charge in [-0.2, -0.15) is 0 Å². The molecule has 28 heavy (non-hydrogen) atoms. The largest absolute Gasteiger partial charge is 0.492 e. The van der Waals surface area contributed by atoms with Crippen LogP contribution in [0.15, 0.2) is 59.8 Å². The van der Waals surface area contributed by atoms with Gasteiger partial charge in [-0.05, 0) is 38.1 Å². The third-order valence-corrected chi connectivity index (χ3v) is 5.44. The fraction of sp³-hybridized carbons (Fsp3) is 0.350. The van der Waals surface area contributed by atoms with E-state index < -0.39 is 7.75 Å². The van der Waals surface area contributed by atoms with Crippen LogP contribution in [0.4, 0.5) is 0 Å². The zero-order chi connectivity index (χ0) is 20.2. The van der Waals surface area contributed by atoms with Crippen molar-refractivity contribution >= 4 is 13.5 Å². The maximum Gasteiger partial charge on any atom is 0.405 e. The van der Waals surface area contributed by atoms with E-state index >= 15 is 0 Å². The lowest BCUT2D eigenvalue weighted by Crippen LogP contribution is -2.21. The predicted octanol–water partition coefficient (Wildman–Crippen LogP) is 4.23. The molecular formula is C20H27N2O5P. The minimum Gasteiger partial charge on any atom is -0.492 e. The van der Waals surface area contributed by atoms with Crippen molar-refractivity contribution in [2.45, 2.75) is 13.8 Å². The number of benzene rings is 2. The fourth-order valence-electron chi connectivity index (χ4n) is 2.49. The summed E-state index contributed by atoms with van der Waals surface area (Å²) in [5.41, 5.74) is 2.62. The van der Waals surface area contributed by atoms with Gasteiger partial charge in [0.15, 0.2) is 0 Å². The van der Waals surface area contributed by atoms with Crippen molar-refractivity contribution in [1.82, 2.24) is 5.09 Å². The molecular weight excluding hydrogens is 379 g/mol. The van der Waals surface area contributed by atoms with E-state index in [2.05, 4.69) is 10.2 Å². The van der Waals surface area contributed by atoms with E-state index in [9.17, 15) is 4.57 Å². The Morgan fingerprint density at radius 2 is 1.57 bits per heavy atom. The minimum absolute atomic E-state index is 0.305. The van der Waals surface area contributed by atoms with Gasteiger partial charge in [-0.3, -0.25) is 9.05 Å². The van der Waals surface area contributed by atoms with Crippen molar-refractivity contribution in [1.29, 1.82) is 0 Å². The fourth-order valence-corrected chi connectivity index (χ4v) is 3.79. The molecule has 152 valence electrons. The van der Waals surface area contributed by atoms with Gasteiger partial charge >= 0.3 is 7.75 Å². The lowest BCUT2D eigenvalue weighted by molar-refractivity contribution is 0.207. The predicted molar refractivity (Wildman–Crippen MR) is 110 cm³/mol. The Labute approximate surface area is 166 Å². The first-order valence-electron chi connectivity index (χ1n) is 9.16. The van der Waals surface area contributed by atoms with Gasteiger partial charge in [0.05, 0.1) is 13.2 Å². The van der Waals surface area contributed by atoms with E-state index in [1.54, 1.807) is 13.8 Å². The molecule has 0 amide bonds. The average Bonchev–Trinajstić information content (AvgIpc) is 2.71. The Kier molecular flexibility index (Phi) is 9.17. The highest BCUT2D eigenvalue weighted by Crippen LogP contribution is 2.42. The van der Waals surface area contributed by atoms with Crippen LogP contribution in [-0.2, 0) is 18.5 Å². The number of rotatable bonds is 12. The number of hydrogen-bond donors (Lipinski definition) is 1. The first-order valence-corrected chi connectivity index (χ1v) is 10.7. The van der Waals surface area contributed by atoms with Gasteiger partial charge in [-0.1, -0.05) is 35.5 Å². The standard InChI is InChI=1S/C20H27N2O5P/c1-4-26-28(23,27-5-2)21-15-16-25-19-13-11-18(12-14-19)20(22-24-3)17-9-7-6-8-10-17/h6-14H,4-5,15-16H2,1-3H3,(H,21,23)/b22-20+. The van der Waals surface area contributed by atoms with Crippen LogP contribution in [-0.4, -0.2) is 39.2 Å². The molecule has 7 nitrogen and oxygen atoms in total. The lowest BCUT2D eigenvalue weighted by Gasteiger charge is -2.17. The maximum absolute atomic E-state index is 12.3. The molecule has 0 radical (unpaired) electrons. The van der Waals surface area contributed by atoms with Gasteiger partial charge in [0.2, 0.25) is 0 Å². The highest BCUT2D eigenvalue weighted by molar-refractivity contribution is 7.51. The van der Waals surface area contributed by atoms with Crippen LogP contribution in [0.5, 0.6) is 5.75 Å². The van der Waals surface area contributed by atoms with Gasteiger partial charge in [0, 0.05) is 17.7 Å². The second-order valence-corrected chi connectivity index (χ2v) is 7.43. The van der Waals surface area contributed by atoms with Crippen molar-refractivity contribution in [2.24, 2.45) is 5.16 Å². The Balaban J connectivity index is 1.93. The van der Waals surface area contributed by atoms with Crippen LogP contribution in [0, 0.1) is 0 Å². The Morgan fingerprint density at radius 1 is 0.964 bits per heavy atom. The molecule has 2 aromatic rings. The SMILES string of the molecule is CCOP(=O)(NCCOc1ccc(/C(=N/OC)c2ccccc2)cc1)OCC. The second-order valence-electron chi connectivity index (χ2n) is 5.60. The third-order valence-electron chi connectivity index (χ3n) is 3.63. The zero-order valence-corrected chi connectivity index (χ0v) is 17.4. The molecule has 0 aliphatic rings. The Morgan fingerprint density at radius 3 is 2.14 bits per heavy atom. The van der Waals surface area contributed by atoms with Crippen LogP contribution in [0.3, 0.4) is 0 Å². The molecule has 1 N–H and O–H groups in total. The molecule has 0 aliphatic heterocycles. The molecule has 0 saturated heterocycles. The van der Waals surface area contributed by atoms with E-state index in [4.69, 9.17) is 18.6 Å². The van der Waals surface area contributed by atoms with Gasteiger partial charge in [-0.15, -0.1) is 0 Å². The molecule has 0 fully saturated rings. The van der Waals surface area contributed by atoms with Crippen molar-refractivity contribution in [3.8, 4) is 5.75 Å². The number of nitrogens with zero attached hydrogens (tertiary/aromatic N) is 1. The molecule has 0 saturated carbocycles. The quantitative estimate of drug-likeness (QED) is 0.246. The zero-order valence-electron chi connectivity index (χ0n) is 16.5. The van der Waals surface area contributed by atoms with Crippen molar-refractivity contribution in [2.75, 3.05) is 33.5 Å². The number of nitrogens with one attached hydrogen (secondary N) is 1. The van der Waals surface area contributed by atoms with E-state index in [0.29, 0.717) is 32.1 Å². The van der Waals surface area contributed by atoms with E-state index in [0.717, 1.165) is 16.8 Å². The molecule has 0 atom stereocenters. The van der Waals surface area contributed by atoms with Crippen LogP contribution in [0.25, 0.3) is 0 Å². The van der Waals surface area contributed by atoms with Crippen LogP contribution in [0.2, 0.25) is 0 Å². The molecule has 0 heterocycles. The lowest BCUT2D eigenvalue weighted by atomic mass is 10.0. The smallest absolute Gasteiger partial charge is 0.405 e. The summed E-state index contributed by atoms with van der Waals surface area (Å²) < 4.78 is 28.3. The Bertz CT molecular complexity index is 771. The molecule has 2 aromatic carbocycles. The summed E-state index contributed by atoms with van der Waals surface area (Å²) in [6.07, 6.45) is 0. The first kappa shape index (κ1) is 22.1. The van der Waals surface area contributed by atoms with Gasteiger partial charge < -0.3 is 9.57 Å². The molecule has 0 aromatic heterocycles. The monoisotopic (exact) mass is 406 g/mol. The van der Waals surface area contributed by atoms with Crippen LogP contribution < -0.4 is 9.82 Å². The highest BCUT2D eigenvalue weighted by atomic mass is 31.2. The van der Waals surface area contributed by atoms with Gasteiger partial charge in [0.1, 0.15) is 25.2 Å². The summed E-state index contributed by atoms with van der Waals surface area (Å²) in [7, 11) is -1.74. The second kappa shape index (κ2) is 11.6. The van der Waals surface area contributed by atoms with Crippen molar-refractivity contribution in [3.05, 3.63) is 65.7 Å². The molecule has 0 unspecified atom stereocenters. The molecule has 0 aliphatic carbocycles. The van der Waals surface area contributed by atoms with E-state index in [1.165, 1.54) is 7.11 Å². The van der Waals surface area contributed by atoms with Crippen molar-refractivity contribution in [3.63, 3.8) is 0 Å². The minimum atomic E-state index is -3.26. The maximum atomic E-state index is 12.3. The van der Waals surface area contributed by atoms with Gasteiger partial charge in [0.25, 0.3) is 0 Å². The van der Waals surface area contributed by atoms with Gasteiger partial charge in [-0.25, -0.2) is 9.65 Å². The van der Waals surface area contributed by atoms with Crippen LogP contribution >= 0.6 is 7.75 Å². The summed E-state index contributed by atoms with van der Waals surface area (Å²) >= 11 is 0. The summed E-state index contributed by atoms with van der Waals surface area (Å²) in [5.74, 6) is 0.693. The number of oxime groups is 1. The molecule has 0 spiro atoms.